The lowest BCUT2D eigenvalue weighted by Gasteiger charge is -2.64. The highest BCUT2D eigenvalue weighted by atomic mass is 16.5. The Morgan fingerprint density at radius 3 is 2.24 bits per heavy atom. The Bertz CT molecular complexity index is 797. The van der Waals surface area contributed by atoms with Crippen LogP contribution < -0.4 is 0 Å². The second-order valence-electron chi connectivity index (χ2n) is 14.3. The molecule has 2 heteroatoms. The number of carbonyl (C=O) groups is 1. The molecule has 5 fully saturated rings. The first kappa shape index (κ1) is 23.9. The highest BCUT2D eigenvalue weighted by Crippen LogP contribution is 2.71. The predicted molar refractivity (Wildman–Crippen MR) is 135 cm³/mol. The molecule has 0 aromatic rings. The van der Waals surface area contributed by atoms with Crippen LogP contribution in [-0.4, -0.2) is 5.97 Å². The maximum Gasteiger partial charge on any atom is 0.316 e. The topological polar surface area (TPSA) is 26.3 Å². The van der Waals surface area contributed by atoms with Crippen LogP contribution in [0.3, 0.4) is 0 Å². The van der Waals surface area contributed by atoms with Gasteiger partial charge in [-0.2, -0.15) is 0 Å². The van der Waals surface area contributed by atoms with E-state index < -0.39 is 5.41 Å². The van der Waals surface area contributed by atoms with Gasteiger partial charge in [0, 0.05) is 0 Å². The van der Waals surface area contributed by atoms with Crippen molar-refractivity contribution >= 4 is 5.97 Å². The Morgan fingerprint density at radius 1 is 0.879 bits per heavy atom. The van der Waals surface area contributed by atoms with Gasteiger partial charge in [-0.05, 0) is 143 Å². The predicted octanol–water partition coefficient (Wildman–Crippen LogP) is 8.41. The van der Waals surface area contributed by atoms with Gasteiger partial charge in [0.2, 0.25) is 0 Å². The monoisotopic (exact) mass is 454 g/mol. The average molecular weight is 455 g/mol. The molecule has 0 amide bonds. The summed E-state index contributed by atoms with van der Waals surface area (Å²) in [7, 11) is 0. The van der Waals surface area contributed by atoms with E-state index in [1.165, 1.54) is 70.6 Å². The first-order chi connectivity index (χ1) is 15.5. The summed E-state index contributed by atoms with van der Waals surface area (Å²) in [4.78, 5) is 12.8. The maximum absolute atomic E-state index is 12.8. The Balaban J connectivity index is 1.30. The molecule has 0 spiro atoms. The number of ether oxygens (including phenoxy) is 1. The largest absolute Gasteiger partial charge is 0.432 e. The number of carbonyl (C=O) groups excluding carboxylic acids is 1. The molecule has 0 aromatic heterocycles. The second kappa shape index (κ2) is 8.12. The lowest BCUT2D eigenvalue weighted by atomic mass is 9.41. The quantitative estimate of drug-likeness (QED) is 0.316. The number of hydrogen-bond acceptors (Lipinski definition) is 2. The van der Waals surface area contributed by atoms with Gasteiger partial charge in [-0.1, -0.05) is 33.8 Å². The van der Waals surface area contributed by atoms with Gasteiger partial charge in [0.25, 0.3) is 0 Å². The van der Waals surface area contributed by atoms with E-state index in [1.54, 1.807) is 6.92 Å². The summed E-state index contributed by atoms with van der Waals surface area (Å²) in [5.41, 5.74) is 0.765. The Morgan fingerprint density at radius 2 is 1.52 bits per heavy atom. The van der Waals surface area contributed by atoms with Crippen molar-refractivity contribution in [3.8, 4) is 0 Å². The number of esters is 1. The molecule has 5 saturated carbocycles. The van der Waals surface area contributed by atoms with Crippen LogP contribution in [0.4, 0.5) is 0 Å². The molecule has 186 valence electrons. The molecule has 0 radical (unpaired) electrons. The number of fused-ring (bicyclic) bond motifs is 7. The maximum atomic E-state index is 12.8. The third-order valence-electron chi connectivity index (χ3n) is 12.9. The third-order valence-corrected chi connectivity index (χ3v) is 12.9. The number of rotatable bonds is 3. The standard InChI is InChI=1S/C31H50O2/c1-19(2)33-28(32)29(4,5)22-10-12-23-21(18-22)9-11-25-24(23)13-14-27-26(25)17-20(3)30(6)15-8-16-31(27,30)7/h20-27H,1,8-18H2,2-7H3. The second-order valence-corrected chi connectivity index (χ2v) is 14.3. The minimum atomic E-state index is -0.404. The number of allylic oxidation sites excluding steroid dienone is 1. The lowest BCUT2D eigenvalue weighted by molar-refractivity contribution is -0.160. The van der Waals surface area contributed by atoms with E-state index in [2.05, 4.69) is 41.2 Å². The normalized spacial score (nSPS) is 49.3. The van der Waals surface area contributed by atoms with Gasteiger partial charge in [-0.3, -0.25) is 4.79 Å². The molecule has 5 aliphatic carbocycles. The molecular formula is C31H50O2. The Kier molecular flexibility index (Phi) is 5.89. The van der Waals surface area contributed by atoms with Crippen LogP contribution in [0.5, 0.6) is 0 Å². The van der Waals surface area contributed by atoms with E-state index >= 15 is 0 Å². The van der Waals surface area contributed by atoms with Crippen molar-refractivity contribution in [1.29, 1.82) is 0 Å². The van der Waals surface area contributed by atoms with Crippen LogP contribution in [0.15, 0.2) is 12.3 Å². The first-order valence-electron chi connectivity index (χ1n) is 14.4. The highest BCUT2D eigenvalue weighted by molar-refractivity contribution is 5.77. The molecule has 33 heavy (non-hydrogen) atoms. The van der Waals surface area contributed by atoms with Gasteiger partial charge < -0.3 is 4.74 Å². The van der Waals surface area contributed by atoms with Crippen molar-refractivity contribution < 1.29 is 9.53 Å². The fourth-order valence-corrected chi connectivity index (χ4v) is 10.7. The molecule has 0 aliphatic heterocycles. The molecule has 10 atom stereocenters. The summed E-state index contributed by atoms with van der Waals surface area (Å²) in [6, 6.07) is 0. The van der Waals surface area contributed by atoms with Gasteiger partial charge in [-0.15, -0.1) is 0 Å². The van der Waals surface area contributed by atoms with Crippen molar-refractivity contribution in [3.63, 3.8) is 0 Å². The van der Waals surface area contributed by atoms with Crippen LogP contribution in [0.2, 0.25) is 0 Å². The lowest BCUT2D eigenvalue weighted by Crippen LogP contribution is -2.57. The summed E-state index contributed by atoms with van der Waals surface area (Å²) < 4.78 is 5.48. The summed E-state index contributed by atoms with van der Waals surface area (Å²) in [6.45, 7) is 17.8. The van der Waals surface area contributed by atoms with Crippen molar-refractivity contribution in [2.75, 3.05) is 0 Å². The van der Waals surface area contributed by atoms with Crippen LogP contribution in [0, 0.1) is 63.6 Å². The molecule has 0 N–H and O–H groups in total. The highest BCUT2D eigenvalue weighted by Gasteiger charge is 2.63. The molecular weight excluding hydrogens is 404 g/mol. The van der Waals surface area contributed by atoms with Gasteiger partial charge in [-0.25, -0.2) is 0 Å². The number of hydrogen-bond donors (Lipinski definition) is 0. The smallest absolute Gasteiger partial charge is 0.316 e. The Hall–Kier alpha value is -0.790. The fourth-order valence-electron chi connectivity index (χ4n) is 10.7. The average Bonchev–Trinajstić information content (AvgIpc) is 3.09. The molecule has 0 bridgehead atoms. The van der Waals surface area contributed by atoms with E-state index in [0.717, 1.165) is 41.4 Å². The van der Waals surface area contributed by atoms with E-state index in [-0.39, 0.29) is 5.97 Å². The SMILES string of the molecule is C=C(C)OC(=O)C(C)(C)C1CCC2C(CCC3C2CCC2C3CC(C)C3(C)CCCC23C)C1. The van der Waals surface area contributed by atoms with Gasteiger partial charge in [0.05, 0.1) is 11.2 Å². The zero-order valence-corrected chi connectivity index (χ0v) is 22.4. The van der Waals surface area contributed by atoms with Gasteiger partial charge in [0.1, 0.15) is 0 Å². The van der Waals surface area contributed by atoms with E-state index in [0.29, 0.717) is 22.5 Å². The molecule has 0 saturated heterocycles. The van der Waals surface area contributed by atoms with E-state index in [9.17, 15) is 4.79 Å². The van der Waals surface area contributed by atoms with Crippen LogP contribution in [0.1, 0.15) is 112 Å². The molecule has 10 unspecified atom stereocenters. The minimum absolute atomic E-state index is 0.0725. The summed E-state index contributed by atoms with van der Waals surface area (Å²) in [6.07, 6.45) is 15.5. The van der Waals surface area contributed by atoms with Crippen LogP contribution in [0.25, 0.3) is 0 Å². The third kappa shape index (κ3) is 3.50. The molecule has 0 heterocycles. The summed E-state index contributed by atoms with van der Waals surface area (Å²) in [5.74, 6) is 7.42. The molecule has 0 aromatic carbocycles. The first-order valence-corrected chi connectivity index (χ1v) is 14.4. The zero-order valence-electron chi connectivity index (χ0n) is 22.4. The van der Waals surface area contributed by atoms with E-state index in [4.69, 9.17) is 4.74 Å². The zero-order chi connectivity index (χ0) is 23.8. The van der Waals surface area contributed by atoms with Crippen LogP contribution >= 0.6 is 0 Å². The van der Waals surface area contributed by atoms with Crippen molar-refractivity contribution in [2.24, 2.45) is 63.6 Å². The fraction of sp³-hybridized carbons (Fsp3) is 0.903. The summed E-state index contributed by atoms with van der Waals surface area (Å²) in [5, 5.41) is 0. The van der Waals surface area contributed by atoms with Crippen molar-refractivity contribution in [3.05, 3.63) is 12.3 Å². The minimum Gasteiger partial charge on any atom is -0.432 e. The van der Waals surface area contributed by atoms with Gasteiger partial charge >= 0.3 is 5.97 Å². The Labute approximate surface area is 203 Å². The summed E-state index contributed by atoms with van der Waals surface area (Å²) >= 11 is 0. The van der Waals surface area contributed by atoms with E-state index in [1.807, 2.05) is 0 Å². The molecule has 5 aliphatic rings. The van der Waals surface area contributed by atoms with Gasteiger partial charge in [0.15, 0.2) is 0 Å². The van der Waals surface area contributed by atoms with Crippen LogP contribution in [-0.2, 0) is 9.53 Å². The molecule has 5 rings (SSSR count). The molecule has 2 nitrogen and oxygen atoms in total. The van der Waals surface area contributed by atoms with Crippen molar-refractivity contribution in [2.45, 2.75) is 112 Å². The van der Waals surface area contributed by atoms with Crippen molar-refractivity contribution in [1.82, 2.24) is 0 Å².